The van der Waals surface area contributed by atoms with Gasteiger partial charge in [-0.3, -0.25) is 4.79 Å². The van der Waals surface area contributed by atoms with Gasteiger partial charge in [0, 0.05) is 13.0 Å². The second kappa shape index (κ2) is 7.40. The molecule has 0 bridgehead atoms. The van der Waals surface area contributed by atoms with E-state index in [4.69, 9.17) is 4.74 Å². The topological polar surface area (TPSA) is 88.8 Å². The van der Waals surface area contributed by atoms with E-state index in [-0.39, 0.29) is 17.6 Å². The fraction of sp³-hybridized carbons (Fsp3) is 0.333. The Bertz CT molecular complexity index is 1130. The average molecular weight is 409 g/mol. The first-order valence-electron chi connectivity index (χ1n) is 9.94. The molecule has 154 valence electrons. The van der Waals surface area contributed by atoms with Crippen LogP contribution in [0.15, 0.2) is 42.6 Å². The summed E-state index contributed by atoms with van der Waals surface area (Å²) < 4.78 is 20.1. The van der Waals surface area contributed by atoms with Gasteiger partial charge < -0.3 is 15.0 Å². The third-order valence-corrected chi connectivity index (χ3v) is 5.60. The Morgan fingerprint density at radius 2 is 2.13 bits per heavy atom. The molecule has 4 heterocycles. The Balaban J connectivity index is 1.45. The molecule has 2 atom stereocenters. The summed E-state index contributed by atoms with van der Waals surface area (Å²) in [6.45, 7) is 1.08. The first-order valence-corrected chi connectivity index (χ1v) is 9.94. The minimum Gasteiger partial charge on any atom is -0.464 e. The molecule has 30 heavy (non-hydrogen) atoms. The van der Waals surface area contributed by atoms with E-state index in [0.717, 1.165) is 24.9 Å². The monoisotopic (exact) mass is 409 g/mol. The molecule has 1 amide bonds. The molecule has 1 N–H and O–H groups in total. The van der Waals surface area contributed by atoms with Gasteiger partial charge in [0.15, 0.2) is 11.3 Å². The maximum Gasteiger partial charge on any atom is 0.328 e. The summed E-state index contributed by atoms with van der Waals surface area (Å²) in [5.41, 5.74) is 1.67. The van der Waals surface area contributed by atoms with Crippen LogP contribution in [0.2, 0.25) is 0 Å². The fourth-order valence-electron chi connectivity index (χ4n) is 4.13. The number of aromatic nitrogens is 3. The van der Waals surface area contributed by atoms with Gasteiger partial charge in [-0.2, -0.15) is 0 Å². The summed E-state index contributed by atoms with van der Waals surface area (Å²) in [5, 5.41) is 7.32. The van der Waals surface area contributed by atoms with Crippen LogP contribution < -0.4 is 10.2 Å². The van der Waals surface area contributed by atoms with E-state index >= 15 is 0 Å². The summed E-state index contributed by atoms with van der Waals surface area (Å²) in [6.07, 6.45) is 3.74. The van der Waals surface area contributed by atoms with Crippen molar-refractivity contribution in [3.05, 3.63) is 59.7 Å². The zero-order chi connectivity index (χ0) is 20.7. The number of halogens is 1. The Hall–Kier alpha value is -3.49. The number of anilines is 1. The summed E-state index contributed by atoms with van der Waals surface area (Å²) in [4.78, 5) is 30.7. The van der Waals surface area contributed by atoms with Crippen molar-refractivity contribution in [1.29, 1.82) is 0 Å². The molecule has 5 rings (SSSR count). The molecule has 2 aliphatic heterocycles. The third kappa shape index (κ3) is 3.26. The van der Waals surface area contributed by atoms with Crippen molar-refractivity contribution in [2.45, 2.75) is 31.3 Å². The SMILES string of the molecule is O=C(NC1CCOC1=O)c1cnc2ccc(N3CCCC3c3cccc(F)c3)nn12. The minimum atomic E-state index is -0.651. The fourth-order valence-corrected chi connectivity index (χ4v) is 4.13. The predicted octanol–water partition coefficient (Wildman–Crippen LogP) is 2.26. The van der Waals surface area contributed by atoms with Crippen molar-refractivity contribution in [3.8, 4) is 0 Å². The highest BCUT2D eigenvalue weighted by Gasteiger charge is 2.30. The van der Waals surface area contributed by atoms with Crippen LogP contribution >= 0.6 is 0 Å². The van der Waals surface area contributed by atoms with Crippen LogP contribution in [0.25, 0.3) is 5.65 Å². The number of rotatable bonds is 4. The lowest BCUT2D eigenvalue weighted by Gasteiger charge is -2.26. The normalized spacial score (nSPS) is 21.2. The van der Waals surface area contributed by atoms with Crippen LogP contribution in [0.1, 0.15) is 41.4 Å². The molecular formula is C21H20FN5O3. The van der Waals surface area contributed by atoms with Gasteiger partial charge in [-0.15, -0.1) is 5.10 Å². The molecule has 9 heteroatoms. The second-order valence-electron chi connectivity index (χ2n) is 7.49. The Labute approximate surface area is 171 Å². The number of ether oxygens (including phenoxy) is 1. The number of fused-ring (bicyclic) bond motifs is 1. The molecule has 0 aliphatic carbocycles. The number of carbonyl (C=O) groups is 2. The molecular weight excluding hydrogens is 389 g/mol. The number of cyclic esters (lactones) is 1. The maximum absolute atomic E-state index is 13.7. The van der Waals surface area contributed by atoms with Crippen LogP contribution in [-0.4, -0.2) is 45.7 Å². The van der Waals surface area contributed by atoms with Gasteiger partial charge in [-0.25, -0.2) is 18.7 Å². The highest BCUT2D eigenvalue weighted by atomic mass is 19.1. The Morgan fingerprint density at radius 3 is 2.93 bits per heavy atom. The van der Waals surface area contributed by atoms with Crippen LogP contribution in [0.3, 0.4) is 0 Å². The van der Waals surface area contributed by atoms with E-state index in [2.05, 4.69) is 20.3 Å². The number of carbonyl (C=O) groups excluding carboxylic acids is 2. The van der Waals surface area contributed by atoms with Gasteiger partial charge in [-0.1, -0.05) is 12.1 Å². The van der Waals surface area contributed by atoms with E-state index in [1.807, 2.05) is 12.1 Å². The Kier molecular flexibility index (Phi) is 4.57. The molecule has 0 radical (unpaired) electrons. The molecule has 3 aromatic rings. The van der Waals surface area contributed by atoms with Crippen molar-refractivity contribution in [2.24, 2.45) is 0 Å². The highest BCUT2D eigenvalue weighted by Crippen LogP contribution is 2.35. The molecule has 1 aromatic carbocycles. The standard InChI is InChI=1S/C21H20FN5O3/c22-14-4-1-3-13(11-14)16-5-2-9-26(16)19-7-6-18-23-12-17(27(18)25-19)20(28)24-15-8-10-30-21(15)29/h1,3-4,6-7,11-12,15-16H,2,5,8-10H2,(H,24,28). The number of hydrogen-bond acceptors (Lipinski definition) is 6. The quantitative estimate of drug-likeness (QED) is 0.665. The van der Waals surface area contributed by atoms with Crippen LogP contribution in [-0.2, 0) is 9.53 Å². The van der Waals surface area contributed by atoms with Gasteiger partial charge in [-0.05, 0) is 42.7 Å². The predicted molar refractivity (Wildman–Crippen MR) is 106 cm³/mol. The summed E-state index contributed by atoms with van der Waals surface area (Å²) in [5.74, 6) is -0.441. The molecule has 2 unspecified atom stereocenters. The van der Waals surface area contributed by atoms with Crippen LogP contribution in [0, 0.1) is 5.82 Å². The van der Waals surface area contributed by atoms with E-state index in [1.165, 1.54) is 16.8 Å². The maximum atomic E-state index is 13.7. The largest absolute Gasteiger partial charge is 0.464 e. The number of nitrogens with zero attached hydrogens (tertiary/aromatic N) is 4. The minimum absolute atomic E-state index is 0.0136. The van der Waals surface area contributed by atoms with Crippen LogP contribution in [0.5, 0.6) is 0 Å². The van der Waals surface area contributed by atoms with Gasteiger partial charge in [0.05, 0.1) is 18.8 Å². The zero-order valence-corrected chi connectivity index (χ0v) is 16.1. The molecule has 2 aromatic heterocycles. The van der Waals surface area contributed by atoms with Crippen molar-refractivity contribution in [1.82, 2.24) is 19.9 Å². The molecule has 0 spiro atoms. The van der Waals surface area contributed by atoms with E-state index < -0.39 is 17.9 Å². The van der Waals surface area contributed by atoms with E-state index in [9.17, 15) is 14.0 Å². The summed E-state index contributed by atoms with van der Waals surface area (Å²) >= 11 is 0. The second-order valence-corrected chi connectivity index (χ2v) is 7.49. The lowest BCUT2D eigenvalue weighted by molar-refractivity contribution is -0.139. The molecule has 0 saturated carbocycles. The third-order valence-electron chi connectivity index (χ3n) is 5.60. The number of nitrogens with one attached hydrogen (secondary N) is 1. The molecule has 2 fully saturated rings. The van der Waals surface area contributed by atoms with Gasteiger partial charge in [0.2, 0.25) is 0 Å². The van der Waals surface area contributed by atoms with Crippen molar-refractivity contribution < 1.29 is 18.7 Å². The van der Waals surface area contributed by atoms with Gasteiger partial charge >= 0.3 is 5.97 Å². The molecule has 8 nitrogen and oxygen atoms in total. The van der Waals surface area contributed by atoms with Crippen molar-refractivity contribution in [2.75, 3.05) is 18.1 Å². The zero-order valence-electron chi connectivity index (χ0n) is 16.1. The molecule has 2 saturated heterocycles. The van der Waals surface area contributed by atoms with Gasteiger partial charge in [0.1, 0.15) is 17.7 Å². The van der Waals surface area contributed by atoms with Gasteiger partial charge in [0.25, 0.3) is 5.91 Å². The number of amides is 1. The lowest BCUT2D eigenvalue weighted by Crippen LogP contribution is -2.38. The Morgan fingerprint density at radius 1 is 1.23 bits per heavy atom. The molecule has 2 aliphatic rings. The number of imidazole rings is 1. The van der Waals surface area contributed by atoms with Crippen LogP contribution in [0.4, 0.5) is 10.2 Å². The van der Waals surface area contributed by atoms with Crippen molar-refractivity contribution in [3.63, 3.8) is 0 Å². The first-order chi connectivity index (χ1) is 14.6. The number of hydrogen-bond donors (Lipinski definition) is 1. The summed E-state index contributed by atoms with van der Waals surface area (Å²) in [6, 6.07) is 9.63. The summed E-state index contributed by atoms with van der Waals surface area (Å²) in [7, 11) is 0. The van der Waals surface area contributed by atoms with E-state index in [0.29, 0.717) is 24.5 Å². The lowest BCUT2D eigenvalue weighted by atomic mass is 10.0. The first kappa shape index (κ1) is 18.5. The van der Waals surface area contributed by atoms with E-state index in [1.54, 1.807) is 18.2 Å². The average Bonchev–Trinajstić information content (AvgIpc) is 3.47. The highest BCUT2D eigenvalue weighted by molar-refractivity contribution is 5.96. The van der Waals surface area contributed by atoms with Crippen molar-refractivity contribution >= 4 is 23.3 Å². The smallest absolute Gasteiger partial charge is 0.328 e. The number of benzene rings is 1. The number of esters is 1.